The van der Waals surface area contributed by atoms with Gasteiger partial charge < -0.3 is 5.11 Å². The second-order valence-electron chi connectivity index (χ2n) is 4.26. The molecule has 1 N–H and O–H groups in total. The number of aryl methyl sites for hydroxylation is 1. The van der Waals surface area contributed by atoms with Gasteiger partial charge in [-0.1, -0.05) is 38.4 Å². The first-order valence-corrected chi connectivity index (χ1v) is 13.3. The maximum atomic E-state index is 12.9. The van der Waals surface area contributed by atoms with E-state index in [4.69, 9.17) is 17.0 Å². The molecule has 0 heterocycles. The number of hydrogen-bond acceptors (Lipinski definition) is 1. The van der Waals surface area contributed by atoms with Crippen molar-refractivity contribution in [3.63, 3.8) is 0 Å². The Kier molecular flexibility index (Phi) is 8.42. The van der Waals surface area contributed by atoms with Crippen LogP contribution in [0.5, 0.6) is 5.75 Å². The molecule has 0 aromatic heterocycles. The van der Waals surface area contributed by atoms with Gasteiger partial charge in [-0.2, -0.15) is 13.2 Å². The van der Waals surface area contributed by atoms with E-state index in [2.05, 4.69) is 0 Å². The first-order valence-electron chi connectivity index (χ1n) is 5.98. The second-order valence-corrected chi connectivity index (χ2v) is 9.32. The third kappa shape index (κ3) is 6.20. The van der Waals surface area contributed by atoms with Crippen LogP contribution in [0.2, 0.25) is 0 Å². The van der Waals surface area contributed by atoms with Crippen LogP contribution < -0.4 is 10.6 Å². The molecule has 118 valence electrons. The van der Waals surface area contributed by atoms with E-state index < -0.39 is 32.6 Å². The van der Waals surface area contributed by atoms with Crippen LogP contribution in [0.1, 0.15) is 11.1 Å². The van der Waals surface area contributed by atoms with Crippen LogP contribution >= 0.6 is 25.6 Å². The fourth-order valence-electron chi connectivity index (χ4n) is 1.73. The van der Waals surface area contributed by atoms with Crippen molar-refractivity contribution in [2.45, 2.75) is 13.1 Å². The van der Waals surface area contributed by atoms with Crippen molar-refractivity contribution in [1.29, 1.82) is 0 Å². The number of hydrogen-bond donors (Lipinski definition) is 1. The fourth-order valence-corrected chi connectivity index (χ4v) is 3.08. The summed E-state index contributed by atoms with van der Waals surface area (Å²) >= 11 is -0.826. The van der Waals surface area contributed by atoms with Crippen LogP contribution in [-0.2, 0) is 27.0 Å². The topological polar surface area (TPSA) is 20.2 Å². The molecular weight excluding hydrogens is 434 g/mol. The van der Waals surface area contributed by atoms with Crippen LogP contribution in [0, 0.1) is 6.92 Å². The molecule has 0 spiro atoms. The molecule has 0 saturated heterocycles. The van der Waals surface area contributed by atoms with Crippen molar-refractivity contribution < 1.29 is 39.1 Å². The van der Waals surface area contributed by atoms with Gasteiger partial charge in [0, 0.05) is 5.30 Å². The number of phenolic OH excluding ortho intramolecular Hbond substituents is 1. The van der Waals surface area contributed by atoms with Crippen molar-refractivity contribution in [2.75, 3.05) is 0 Å². The van der Waals surface area contributed by atoms with E-state index in [9.17, 15) is 18.3 Å². The first-order chi connectivity index (χ1) is 10.3. The van der Waals surface area contributed by atoms with Crippen LogP contribution in [0.25, 0.3) is 0 Å². The van der Waals surface area contributed by atoms with Crippen molar-refractivity contribution in [3.8, 4) is 5.75 Å². The zero-order chi connectivity index (χ0) is 16.8. The summed E-state index contributed by atoms with van der Waals surface area (Å²) in [6.07, 6.45) is -4.37. The molecule has 0 aliphatic heterocycles. The summed E-state index contributed by atoms with van der Waals surface area (Å²) in [5, 5.41) is 10.4. The van der Waals surface area contributed by atoms with Crippen molar-refractivity contribution in [3.05, 3.63) is 53.6 Å². The fraction of sp³-hybridized carbons (Fsp3) is 0.143. The number of aromatic hydroxyl groups is 1. The number of benzene rings is 2. The molecule has 0 aliphatic carbocycles. The monoisotopic (exact) mass is 444 g/mol. The van der Waals surface area contributed by atoms with Gasteiger partial charge in [0.2, 0.25) is 0 Å². The molecule has 2 rings (SSSR count). The van der Waals surface area contributed by atoms with Gasteiger partial charge in [-0.15, -0.1) is 0 Å². The van der Waals surface area contributed by atoms with Crippen LogP contribution in [-0.4, -0.2) is 5.11 Å². The molecule has 0 bridgehead atoms. The average Bonchev–Trinajstić information content (AvgIpc) is 2.43. The minimum atomic E-state index is -4.37. The van der Waals surface area contributed by atoms with E-state index in [-0.39, 0.29) is 19.6 Å². The van der Waals surface area contributed by atoms with Gasteiger partial charge in [0.1, 0.15) is 5.75 Å². The van der Waals surface area contributed by atoms with Gasteiger partial charge in [0.25, 0.3) is 0 Å². The molecule has 1 unspecified atom stereocenters. The summed E-state index contributed by atoms with van der Waals surface area (Å²) in [7, 11) is 9.64. The average molecular weight is 446 g/mol. The van der Waals surface area contributed by atoms with Gasteiger partial charge in [0.05, 0.1) is 5.56 Å². The molecule has 2 aromatic rings. The number of phenols is 1. The van der Waals surface area contributed by atoms with E-state index >= 15 is 0 Å². The van der Waals surface area contributed by atoms with Crippen LogP contribution in [0.3, 0.4) is 0 Å². The SMILES string of the molecule is Cc1ccc(O)c(Pc2ccccc2C(F)(F)F)c1.[Cl][Zr][Cl]. The van der Waals surface area contributed by atoms with Gasteiger partial charge >= 0.3 is 44.1 Å². The maximum absolute atomic E-state index is 12.9. The van der Waals surface area contributed by atoms with E-state index in [0.717, 1.165) is 11.6 Å². The molecule has 22 heavy (non-hydrogen) atoms. The Morgan fingerprint density at radius 1 is 1.05 bits per heavy atom. The second kappa shape index (κ2) is 9.28. The Bertz CT molecular complexity index is 623. The van der Waals surface area contributed by atoms with Crippen LogP contribution in [0.4, 0.5) is 13.2 Å². The summed E-state index contributed by atoms with van der Waals surface area (Å²) in [6, 6.07) is 10.4. The summed E-state index contributed by atoms with van der Waals surface area (Å²) in [6.45, 7) is 1.84. The van der Waals surface area contributed by atoms with Crippen molar-refractivity contribution in [2.24, 2.45) is 0 Å². The van der Waals surface area contributed by atoms with E-state index in [1.165, 1.54) is 18.2 Å². The molecule has 0 aliphatic rings. The summed E-state index contributed by atoms with van der Waals surface area (Å²) in [4.78, 5) is 0. The Hall–Kier alpha value is -0.0769. The molecule has 0 saturated carbocycles. The first kappa shape index (κ1) is 20.0. The van der Waals surface area contributed by atoms with E-state index in [1.54, 1.807) is 18.2 Å². The van der Waals surface area contributed by atoms with Gasteiger partial charge in [-0.3, -0.25) is 0 Å². The molecular formula is C14H12Cl2F3OPZr. The predicted molar refractivity (Wildman–Crippen MR) is 83.6 cm³/mol. The summed E-state index contributed by atoms with van der Waals surface area (Å²) < 4.78 is 38.6. The number of rotatable bonds is 2. The van der Waals surface area contributed by atoms with E-state index in [0.29, 0.717) is 5.30 Å². The molecule has 0 fully saturated rings. The Labute approximate surface area is 147 Å². The zero-order valence-electron chi connectivity index (χ0n) is 11.4. The van der Waals surface area contributed by atoms with E-state index in [1.807, 2.05) is 6.92 Å². The minimum absolute atomic E-state index is 0.0286. The van der Waals surface area contributed by atoms with Crippen molar-refractivity contribution >= 4 is 36.2 Å². The van der Waals surface area contributed by atoms with Gasteiger partial charge in [-0.05, 0) is 30.4 Å². The Morgan fingerprint density at radius 2 is 1.64 bits per heavy atom. The quantitative estimate of drug-likeness (QED) is 0.662. The molecule has 0 amide bonds. The van der Waals surface area contributed by atoms with Crippen LogP contribution in [0.15, 0.2) is 42.5 Å². The standard InChI is InChI=1S/C14H12F3OP.2ClH.Zr/c1-9-6-7-11(18)13(8-9)19-12-5-3-2-4-10(12)14(15,16)17;;;/h2-8,18-19H,1H3;2*1H;/q;;;+2/p-2. The van der Waals surface area contributed by atoms with Gasteiger partial charge in [0.15, 0.2) is 0 Å². The molecule has 2 aromatic carbocycles. The predicted octanol–water partition coefficient (Wildman–Crippen LogP) is 4.73. The van der Waals surface area contributed by atoms with Crippen molar-refractivity contribution in [1.82, 2.24) is 0 Å². The third-order valence-electron chi connectivity index (χ3n) is 2.65. The number of alkyl halides is 3. The van der Waals surface area contributed by atoms with Gasteiger partial charge in [-0.25, -0.2) is 0 Å². The Balaban J connectivity index is 0.000000745. The molecule has 1 nitrogen and oxygen atoms in total. The molecule has 1 atom stereocenters. The molecule has 8 heteroatoms. The summed E-state index contributed by atoms with van der Waals surface area (Å²) in [5.41, 5.74) is 0.263. The Morgan fingerprint density at radius 3 is 2.23 bits per heavy atom. The zero-order valence-corrected chi connectivity index (χ0v) is 16.3. The third-order valence-corrected chi connectivity index (χ3v) is 4.03. The molecule has 0 radical (unpaired) electrons. The number of halogens is 5. The normalized spacial score (nSPS) is 11.2. The summed E-state index contributed by atoms with van der Waals surface area (Å²) in [5.74, 6) is 0.0286.